The van der Waals surface area contributed by atoms with Gasteiger partial charge in [0.05, 0.1) is 4.91 Å². The third-order valence-corrected chi connectivity index (χ3v) is 5.99. The second-order valence-electron chi connectivity index (χ2n) is 6.44. The van der Waals surface area contributed by atoms with Crippen molar-refractivity contribution in [2.24, 2.45) is 0 Å². The number of para-hydroxylation sites is 1. The van der Waals surface area contributed by atoms with Gasteiger partial charge in [0.2, 0.25) is 5.76 Å². The first-order valence-corrected chi connectivity index (χ1v) is 10.3. The number of rotatable bonds is 4. The Bertz CT molecular complexity index is 1160. The molecule has 0 saturated carbocycles. The fourth-order valence-electron chi connectivity index (χ4n) is 3.08. The summed E-state index contributed by atoms with van der Waals surface area (Å²) in [5, 5.41) is 0.888. The molecular weight excluding hydrogens is 406 g/mol. The Kier molecular flexibility index (Phi) is 5.25. The summed E-state index contributed by atoms with van der Waals surface area (Å²) in [5.74, 6) is -0.0414. The van der Waals surface area contributed by atoms with Crippen LogP contribution in [0.4, 0.5) is 0 Å². The van der Waals surface area contributed by atoms with Gasteiger partial charge in [-0.05, 0) is 43.7 Å². The maximum atomic E-state index is 12.5. The van der Waals surface area contributed by atoms with Crippen molar-refractivity contribution in [3.05, 3.63) is 70.3 Å². The molecule has 1 amide bonds. The van der Waals surface area contributed by atoms with Gasteiger partial charge >= 0.3 is 5.97 Å². The van der Waals surface area contributed by atoms with Crippen LogP contribution in [0.3, 0.4) is 0 Å². The van der Waals surface area contributed by atoms with E-state index in [-0.39, 0.29) is 11.7 Å². The molecule has 1 saturated heterocycles. The van der Waals surface area contributed by atoms with Crippen LogP contribution in [0.1, 0.15) is 28.6 Å². The van der Waals surface area contributed by atoms with Crippen molar-refractivity contribution in [3.8, 4) is 5.75 Å². The molecule has 146 valence electrons. The number of carbonyl (C=O) groups is 2. The number of amides is 1. The summed E-state index contributed by atoms with van der Waals surface area (Å²) in [6.45, 7) is 4.27. The third kappa shape index (κ3) is 3.71. The Hall–Kier alpha value is -2.90. The van der Waals surface area contributed by atoms with E-state index in [1.54, 1.807) is 35.2 Å². The predicted octanol–water partition coefficient (Wildman–Crippen LogP) is 5.18. The monoisotopic (exact) mass is 423 g/mol. The van der Waals surface area contributed by atoms with Crippen LogP contribution in [0.15, 0.2) is 57.9 Å². The van der Waals surface area contributed by atoms with E-state index in [0.717, 1.165) is 16.5 Å². The van der Waals surface area contributed by atoms with Gasteiger partial charge in [-0.15, -0.1) is 0 Å². The number of hydrogen-bond acceptors (Lipinski definition) is 6. The highest BCUT2D eigenvalue weighted by Crippen LogP contribution is 2.32. The van der Waals surface area contributed by atoms with Crippen molar-refractivity contribution in [2.45, 2.75) is 13.8 Å². The molecule has 2 aromatic carbocycles. The number of likely N-dealkylation sites (N-methyl/N-ethyl adjacent to an activating group) is 1. The van der Waals surface area contributed by atoms with Gasteiger partial charge in [-0.3, -0.25) is 9.69 Å². The van der Waals surface area contributed by atoms with Crippen LogP contribution in [0.2, 0.25) is 0 Å². The Morgan fingerprint density at radius 1 is 1.21 bits per heavy atom. The molecule has 0 atom stereocenters. The minimum atomic E-state index is -0.546. The molecule has 1 aliphatic rings. The Morgan fingerprint density at radius 2 is 1.93 bits per heavy atom. The minimum Gasteiger partial charge on any atom is -0.449 e. The summed E-state index contributed by atoms with van der Waals surface area (Å²) in [7, 11) is 0. The molecule has 0 bridgehead atoms. The molecule has 1 fully saturated rings. The average Bonchev–Trinajstić information content (AvgIpc) is 3.19. The SMILES string of the molecule is CCN1C(=O)/C(=C/c2ccc(OC(=O)c3oc4ccccc4c3C)cc2)SC1=S. The summed E-state index contributed by atoms with van der Waals surface area (Å²) in [5.41, 5.74) is 2.22. The van der Waals surface area contributed by atoms with E-state index in [0.29, 0.717) is 27.1 Å². The summed E-state index contributed by atoms with van der Waals surface area (Å²) >= 11 is 6.51. The predicted molar refractivity (Wildman–Crippen MR) is 118 cm³/mol. The van der Waals surface area contributed by atoms with Gasteiger partial charge in [-0.2, -0.15) is 0 Å². The van der Waals surface area contributed by atoms with E-state index in [4.69, 9.17) is 21.4 Å². The molecule has 0 N–H and O–H groups in total. The first-order valence-electron chi connectivity index (χ1n) is 9.03. The van der Waals surface area contributed by atoms with E-state index in [1.165, 1.54) is 11.8 Å². The lowest BCUT2D eigenvalue weighted by Crippen LogP contribution is -2.27. The largest absolute Gasteiger partial charge is 0.449 e. The minimum absolute atomic E-state index is 0.0848. The number of benzene rings is 2. The summed E-state index contributed by atoms with van der Waals surface area (Å²) < 4.78 is 11.7. The first kappa shape index (κ1) is 19.4. The lowest BCUT2D eigenvalue weighted by atomic mass is 10.1. The number of thioether (sulfide) groups is 1. The van der Waals surface area contributed by atoms with Gasteiger partial charge in [-0.1, -0.05) is 54.3 Å². The molecule has 0 unspecified atom stereocenters. The zero-order chi connectivity index (χ0) is 20.5. The van der Waals surface area contributed by atoms with E-state index in [1.807, 2.05) is 38.1 Å². The molecule has 0 radical (unpaired) electrons. The van der Waals surface area contributed by atoms with Crippen LogP contribution in [0.25, 0.3) is 17.0 Å². The molecule has 7 heteroatoms. The summed E-state index contributed by atoms with van der Waals surface area (Å²) in [4.78, 5) is 27.0. The van der Waals surface area contributed by atoms with Crippen LogP contribution in [-0.4, -0.2) is 27.6 Å². The average molecular weight is 424 g/mol. The van der Waals surface area contributed by atoms with Crippen LogP contribution < -0.4 is 4.74 Å². The number of aryl methyl sites for hydroxylation is 1. The van der Waals surface area contributed by atoms with Crippen molar-refractivity contribution in [2.75, 3.05) is 6.54 Å². The molecule has 0 aliphatic carbocycles. The zero-order valence-electron chi connectivity index (χ0n) is 15.8. The molecule has 1 aromatic heterocycles. The number of hydrogen-bond donors (Lipinski definition) is 0. The van der Waals surface area contributed by atoms with Gasteiger partial charge < -0.3 is 9.15 Å². The van der Waals surface area contributed by atoms with E-state index in [2.05, 4.69) is 0 Å². The van der Waals surface area contributed by atoms with Gasteiger partial charge in [0.25, 0.3) is 5.91 Å². The number of nitrogens with zero attached hydrogens (tertiary/aromatic N) is 1. The van der Waals surface area contributed by atoms with E-state index < -0.39 is 5.97 Å². The highest BCUT2D eigenvalue weighted by Gasteiger charge is 2.30. The molecule has 2 heterocycles. The molecule has 0 spiro atoms. The summed E-state index contributed by atoms with van der Waals surface area (Å²) in [6.07, 6.45) is 1.78. The van der Waals surface area contributed by atoms with E-state index in [9.17, 15) is 9.59 Å². The standard InChI is InChI=1S/C22H17NO4S2/c1-3-23-20(24)18(29-22(23)28)12-14-8-10-15(11-9-14)26-21(25)19-13(2)16-6-4-5-7-17(16)27-19/h4-12H,3H2,1-2H3/b18-12-. The molecule has 3 aromatic rings. The van der Waals surface area contributed by atoms with Crippen LogP contribution >= 0.6 is 24.0 Å². The molecule has 29 heavy (non-hydrogen) atoms. The highest BCUT2D eigenvalue weighted by molar-refractivity contribution is 8.26. The number of furan rings is 1. The molecule has 4 rings (SSSR count). The second kappa shape index (κ2) is 7.85. The van der Waals surface area contributed by atoms with Crippen LogP contribution in [-0.2, 0) is 4.79 Å². The van der Waals surface area contributed by atoms with E-state index >= 15 is 0 Å². The van der Waals surface area contributed by atoms with Crippen molar-refractivity contribution in [1.29, 1.82) is 0 Å². The first-order chi connectivity index (χ1) is 14.0. The zero-order valence-corrected chi connectivity index (χ0v) is 17.4. The Balaban J connectivity index is 1.50. The maximum absolute atomic E-state index is 12.5. The van der Waals surface area contributed by atoms with Crippen LogP contribution in [0.5, 0.6) is 5.75 Å². The summed E-state index contributed by atoms with van der Waals surface area (Å²) in [6, 6.07) is 14.4. The van der Waals surface area contributed by atoms with Crippen molar-refractivity contribution in [3.63, 3.8) is 0 Å². The lowest BCUT2D eigenvalue weighted by Gasteiger charge is -2.09. The van der Waals surface area contributed by atoms with Gasteiger partial charge in [0.1, 0.15) is 15.7 Å². The normalized spacial score (nSPS) is 15.5. The highest BCUT2D eigenvalue weighted by atomic mass is 32.2. The van der Waals surface area contributed by atoms with Crippen molar-refractivity contribution >= 4 is 57.2 Å². The Labute approximate surface area is 177 Å². The smallest absolute Gasteiger partial charge is 0.379 e. The molecule has 5 nitrogen and oxygen atoms in total. The molecule has 1 aliphatic heterocycles. The van der Waals surface area contributed by atoms with Gasteiger partial charge in [0.15, 0.2) is 0 Å². The van der Waals surface area contributed by atoms with Crippen molar-refractivity contribution in [1.82, 2.24) is 4.90 Å². The van der Waals surface area contributed by atoms with Crippen molar-refractivity contribution < 1.29 is 18.7 Å². The van der Waals surface area contributed by atoms with Crippen LogP contribution in [0, 0.1) is 6.92 Å². The lowest BCUT2D eigenvalue weighted by molar-refractivity contribution is -0.121. The number of esters is 1. The quantitative estimate of drug-likeness (QED) is 0.249. The van der Waals surface area contributed by atoms with Gasteiger partial charge in [0, 0.05) is 17.5 Å². The number of carbonyl (C=O) groups excluding carboxylic acids is 2. The Morgan fingerprint density at radius 3 is 2.59 bits per heavy atom. The second-order valence-corrected chi connectivity index (χ2v) is 8.11. The third-order valence-electron chi connectivity index (χ3n) is 4.61. The number of thiocarbonyl (C=S) groups is 1. The number of fused-ring (bicyclic) bond motifs is 1. The molecular formula is C22H17NO4S2. The fourth-order valence-corrected chi connectivity index (χ4v) is 4.46. The number of ether oxygens (including phenoxy) is 1. The van der Waals surface area contributed by atoms with Gasteiger partial charge in [-0.25, -0.2) is 4.79 Å². The fraction of sp³-hybridized carbons (Fsp3) is 0.136. The maximum Gasteiger partial charge on any atom is 0.379 e. The topological polar surface area (TPSA) is 59.8 Å².